The maximum absolute atomic E-state index is 13.2. The number of aromatic nitrogens is 2. The molecule has 1 aromatic heterocycles. The predicted octanol–water partition coefficient (Wildman–Crippen LogP) is 1.30. The minimum Gasteiger partial charge on any atom is -0.334 e. The number of halogens is 1. The van der Waals surface area contributed by atoms with Crippen molar-refractivity contribution in [1.29, 1.82) is 0 Å². The number of nitrogens with zero attached hydrogens (tertiary/aromatic N) is 1. The van der Waals surface area contributed by atoms with Crippen LogP contribution in [0.4, 0.5) is 9.18 Å². The molecule has 1 aliphatic rings. The molecule has 6 nitrogen and oxygen atoms in total. The van der Waals surface area contributed by atoms with Gasteiger partial charge in [-0.3, -0.25) is 9.78 Å². The number of amides is 1. The summed E-state index contributed by atoms with van der Waals surface area (Å²) in [6.45, 7) is 6.27. The van der Waals surface area contributed by atoms with Crippen molar-refractivity contribution in [3.05, 3.63) is 32.9 Å². The first-order chi connectivity index (χ1) is 9.79. The zero-order valence-electron chi connectivity index (χ0n) is 12.4. The van der Waals surface area contributed by atoms with Crippen LogP contribution >= 0.6 is 0 Å². The van der Waals surface area contributed by atoms with Gasteiger partial charge in [-0.25, -0.2) is 14.2 Å². The number of H-pyrrole nitrogens is 1. The van der Waals surface area contributed by atoms with Gasteiger partial charge in [-0.2, -0.15) is 4.39 Å². The van der Waals surface area contributed by atoms with E-state index in [0.717, 1.165) is 12.8 Å². The van der Waals surface area contributed by atoms with Crippen LogP contribution in [0.1, 0.15) is 33.6 Å². The fraction of sp³-hybridized carbons (Fsp3) is 0.643. The molecule has 1 aliphatic carbocycles. The molecule has 116 valence electrons. The van der Waals surface area contributed by atoms with Crippen LogP contribution in [0.3, 0.4) is 0 Å². The molecular weight excluding hydrogens is 277 g/mol. The van der Waals surface area contributed by atoms with Gasteiger partial charge in [0.1, 0.15) is 0 Å². The highest BCUT2D eigenvalue weighted by atomic mass is 19.1. The van der Waals surface area contributed by atoms with Crippen molar-refractivity contribution in [3.8, 4) is 0 Å². The molecule has 0 bridgehead atoms. The van der Waals surface area contributed by atoms with Crippen molar-refractivity contribution >= 4 is 6.03 Å². The first kappa shape index (κ1) is 15.5. The van der Waals surface area contributed by atoms with Crippen LogP contribution in [0, 0.1) is 23.6 Å². The van der Waals surface area contributed by atoms with E-state index >= 15 is 0 Å². The molecule has 2 rings (SSSR count). The van der Waals surface area contributed by atoms with Crippen molar-refractivity contribution in [2.45, 2.75) is 39.7 Å². The second kappa shape index (κ2) is 5.83. The summed E-state index contributed by atoms with van der Waals surface area (Å²) in [5.41, 5.74) is -2.07. The maximum atomic E-state index is 13.2. The van der Waals surface area contributed by atoms with Gasteiger partial charge < -0.3 is 5.32 Å². The second-order valence-corrected chi connectivity index (χ2v) is 6.11. The van der Waals surface area contributed by atoms with Crippen molar-refractivity contribution in [3.63, 3.8) is 0 Å². The molecule has 2 atom stereocenters. The highest BCUT2D eigenvalue weighted by Gasteiger charge is 2.32. The van der Waals surface area contributed by atoms with Crippen LogP contribution in [-0.4, -0.2) is 21.6 Å². The summed E-state index contributed by atoms with van der Waals surface area (Å²) in [5.74, 6) is -0.0217. The largest absolute Gasteiger partial charge is 0.336 e. The van der Waals surface area contributed by atoms with Gasteiger partial charge in [0.2, 0.25) is 5.82 Å². The third kappa shape index (κ3) is 3.22. The van der Waals surface area contributed by atoms with Gasteiger partial charge in [0.15, 0.2) is 0 Å². The summed E-state index contributed by atoms with van der Waals surface area (Å²) >= 11 is 0. The van der Waals surface area contributed by atoms with Gasteiger partial charge >= 0.3 is 11.7 Å². The number of hydrogen-bond donors (Lipinski definition) is 2. The Labute approximate surface area is 121 Å². The second-order valence-electron chi connectivity index (χ2n) is 6.11. The monoisotopic (exact) mass is 297 g/mol. The van der Waals surface area contributed by atoms with Crippen molar-refractivity contribution in [2.75, 3.05) is 0 Å². The molecule has 0 radical (unpaired) electrons. The molecule has 21 heavy (non-hydrogen) atoms. The Balaban J connectivity index is 2.20. The molecule has 1 fully saturated rings. The van der Waals surface area contributed by atoms with Crippen LogP contribution in [0.25, 0.3) is 0 Å². The van der Waals surface area contributed by atoms with Crippen LogP contribution < -0.4 is 16.6 Å². The molecule has 1 amide bonds. The van der Waals surface area contributed by atoms with E-state index in [4.69, 9.17) is 0 Å². The quantitative estimate of drug-likeness (QED) is 0.819. The van der Waals surface area contributed by atoms with Crippen LogP contribution in [0.15, 0.2) is 15.8 Å². The number of carbonyl (C=O) groups excluding carboxylic acids is 1. The Morgan fingerprint density at radius 2 is 1.86 bits per heavy atom. The average Bonchev–Trinajstić information content (AvgIpc) is 2.37. The maximum Gasteiger partial charge on any atom is 0.336 e. The summed E-state index contributed by atoms with van der Waals surface area (Å²) in [4.78, 5) is 36.4. The molecular formula is C14H20FN3O3. The number of carbonyl (C=O) groups is 1. The van der Waals surface area contributed by atoms with E-state index in [1.54, 1.807) is 4.98 Å². The number of rotatable bonds is 1. The van der Waals surface area contributed by atoms with E-state index in [0.29, 0.717) is 16.7 Å². The van der Waals surface area contributed by atoms with Gasteiger partial charge in [-0.15, -0.1) is 0 Å². The van der Waals surface area contributed by atoms with Crippen LogP contribution in [0.5, 0.6) is 0 Å². The summed E-state index contributed by atoms with van der Waals surface area (Å²) in [5, 5.41) is 2.78. The summed E-state index contributed by atoms with van der Waals surface area (Å²) in [7, 11) is 0. The third-order valence-electron chi connectivity index (χ3n) is 4.18. The summed E-state index contributed by atoms with van der Waals surface area (Å²) < 4.78 is 13.8. The Hall–Kier alpha value is -1.92. The highest BCUT2D eigenvalue weighted by molar-refractivity contribution is 5.76. The van der Waals surface area contributed by atoms with Crippen molar-refractivity contribution < 1.29 is 9.18 Å². The number of hydrogen-bond acceptors (Lipinski definition) is 3. The van der Waals surface area contributed by atoms with E-state index in [1.807, 2.05) is 13.8 Å². The summed E-state index contributed by atoms with van der Waals surface area (Å²) in [6, 6.07) is -0.788. The molecule has 2 unspecified atom stereocenters. The van der Waals surface area contributed by atoms with E-state index in [2.05, 4.69) is 12.2 Å². The lowest BCUT2D eigenvalue weighted by Gasteiger charge is -2.38. The fourth-order valence-corrected chi connectivity index (χ4v) is 3.31. The molecule has 0 spiro atoms. The molecule has 7 heteroatoms. The van der Waals surface area contributed by atoms with Gasteiger partial charge in [0, 0.05) is 6.04 Å². The van der Waals surface area contributed by atoms with Gasteiger partial charge in [0.05, 0.1) is 6.20 Å². The smallest absolute Gasteiger partial charge is 0.334 e. The molecule has 2 N–H and O–H groups in total. The van der Waals surface area contributed by atoms with E-state index in [-0.39, 0.29) is 17.9 Å². The fourth-order valence-electron chi connectivity index (χ4n) is 3.31. The lowest BCUT2D eigenvalue weighted by molar-refractivity contribution is 0.163. The van der Waals surface area contributed by atoms with Gasteiger partial charge in [-0.05, 0) is 30.6 Å². The van der Waals surface area contributed by atoms with E-state index < -0.39 is 23.1 Å². The first-order valence-electron chi connectivity index (χ1n) is 7.12. The zero-order valence-corrected chi connectivity index (χ0v) is 12.4. The molecule has 1 heterocycles. The van der Waals surface area contributed by atoms with Crippen molar-refractivity contribution in [1.82, 2.24) is 14.9 Å². The van der Waals surface area contributed by atoms with Crippen LogP contribution in [-0.2, 0) is 0 Å². The Morgan fingerprint density at radius 3 is 2.43 bits per heavy atom. The van der Waals surface area contributed by atoms with Crippen molar-refractivity contribution in [2.24, 2.45) is 17.8 Å². The lowest BCUT2D eigenvalue weighted by Crippen LogP contribution is -2.51. The molecule has 1 aromatic rings. The Kier molecular flexibility index (Phi) is 4.29. The van der Waals surface area contributed by atoms with Crippen LogP contribution in [0.2, 0.25) is 0 Å². The van der Waals surface area contributed by atoms with E-state index in [1.165, 1.54) is 0 Å². The molecule has 0 saturated heterocycles. The van der Waals surface area contributed by atoms with Gasteiger partial charge in [0.25, 0.3) is 5.56 Å². The zero-order chi connectivity index (χ0) is 15.7. The van der Waals surface area contributed by atoms with Gasteiger partial charge in [-0.1, -0.05) is 20.8 Å². The average molecular weight is 297 g/mol. The Bertz CT molecular complexity index is 640. The minimum absolute atomic E-state index is 0.0735. The standard InChI is InChI=1S/C14H20FN3O3/c1-7-4-8(2)11(9(3)5-7)16-13(20)18-6-10(15)12(19)17-14(18)21/h6-9,11H,4-5H2,1-3H3,(H,16,20)(H,17,19,21). The predicted molar refractivity (Wildman–Crippen MR) is 75.7 cm³/mol. The SMILES string of the molecule is CC1CC(C)C(NC(=O)n2cc(F)c(=O)[nH]c2=O)C(C)C1. The van der Waals surface area contributed by atoms with E-state index in [9.17, 15) is 18.8 Å². The minimum atomic E-state index is -1.16. The highest BCUT2D eigenvalue weighted by Crippen LogP contribution is 2.32. The molecule has 1 saturated carbocycles. The topological polar surface area (TPSA) is 84.0 Å². The molecule has 0 aromatic carbocycles. The first-order valence-corrected chi connectivity index (χ1v) is 7.12. The molecule has 0 aliphatic heterocycles. The number of aromatic amines is 1. The number of nitrogens with one attached hydrogen (secondary N) is 2. The third-order valence-corrected chi connectivity index (χ3v) is 4.18. The normalized spacial score (nSPS) is 29.1. The lowest BCUT2D eigenvalue weighted by atomic mass is 9.74. The summed E-state index contributed by atoms with van der Waals surface area (Å²) in [6.07, 6.45) is 2.60. The Morgan fingerprint density at radius 1 is 1.29 bits per heavy atom.